The Morgan fingerprint density at radius 1 is 0.800 bits per heavy atom. The van der Waals surface area contributed by atoms with Crippen LogP contribution in [0.15, 0.2) is 48.8 Å². The average Bonchev–Trinajstić information content (AvgIpc) is 2.62. The van der Waals surface area contributed by atoms with Gasteiger partial charge in [-0.3, -0.25) is 0 Å². The monoisotopic (exact) mass is 450 g/mol. The van der Waals surface area contributed by atoms with Crippen molar-refractivity contribution < 1.29 is 28.5 Å². The molecule has 2 aromatic rings. The van der Waals surface area contributed by atoms with Crippen LogP contribution in [0.25, 0.3) is 12.2 Å². The highest BCUT2D eigenvalue weighted by Crippen LogP contribution is 2.18. The Labute approximate surface area is 170 Å². The van der Waals surface area contributed by atoms with Gasteiger partial charge in [0.1, 0.15) is 7.05 Å². The van der Waals surface area contributed by atoms with Crippen LogP contribution in [0.5, 0.6) is 0 Å². The van der Waals surface area contributed by atoms with Crippen LogP contribution < -0.4 is 33.4 Å². The lowest BCUT2D eigenvalue weighted by Crippen LogP contribution is -3.00. The van der Waals surface area contributed by atoms with E-state index >= 15 is 0 Å². The van der Waals surface area contributed by atoms with Crippen LogP contribution in [0, 0.1) is 0 Å². The molecule has 0 aliphatic rings. The van der Waals surface area contributed by atoms with Crippen LogP contribution in [-0.4, -0.2) is 13.1 Å². The van der Waals surface area contributed by atoms with E-state index in [1.807, 2.05) is 11.6 Å². The van der Waals surface area contributed by atoms with Crippen molar-refractivity contribution >= 4 is 17.8 Å². The third-order valence-electron chi connectivity index (χ3n) is 4.29. The summed E-state index contributed by atoms with van der Waals surface area (Å²) >= 11 is 0. The minimum absolute atomic E-state index is 0. The van der Waals surface area contributed by atoms with Crippen LogP contribution in [0.4, 0.5) is 5.69 Å². The lowest BCUT2D eigenvalue weighted by atomic mass is 10.1. The van der Waals surface area contributed by atoms with Crippen molar-refractivity contribution in [3.05, 3.63) is 59.9 Å². The average molecular weight is 450 g/mol. The molecule has 0 unspecified atom stereocenters. The van der Waals surface area contributed by atoms with Crippen molar-refractivity contribution in [2.45, 2.75) is 39.5 Å². The molecule has 0 aliphatic carbocycles. The number of aromatic nitrogens is 1. The molecular weight excluding hydrogens is 419 g/mol. The summed E-state index contributed by atoms with van der Waals surface area (Å²) in [4.78, 5) is 2.53. The molecule has 0 saturated heterocycles. The van der Waals surface area contributed by atoms with Crippen molar-refractivity contribution in [2.75, 3.05) is 18.0 Å². The summed E-state index contributed by atoms with van der Waals surface area (Å²) in [6.45, 7) is 6.84. The molecule has 3 heteroatoms. The van der Waals surface area contributed by atoms with Gasteiger partial charge >= 0.3 is 0 Å². The number of hydrogen-bond acceptors (Lipinski definition) is 1. The molecule has 136 valence electrons. The molecule has 0 saturated carbocycles. The van der Waals surface area contributed by atoms with Gasteiger partial charge < -0.3 is 28.9 Å². The summed E-state index contributed by atoms with van der Waals surface area (Å²) in [7, 11) is 2.04. The third kappa shape index (κ3) is 7.59. The van der Waals surface area contributed by atoms with E-state index in [0.29, 0.717) is 0 Å². The first-order chi connectivity index (χ1) is 11.7. The highest BCUT2D eigenvalue weighted by Gasteiger charge is 2.05. The molecule has 25 heavy (non-hydrogen) atoms. The number of aryl methyl sites for hydroxylation is 1. The number of pyridine rings is 1. The molecule has 0 aliphatic heterocycles. The maximum absolute atomic E-state index is 2.53. The van der Waals surface area contributed by atoms with Crippen LogP contribution in [-0.2, 0) is 7.05 Å². The normalized spacial score (nSPS) is 10.7. The fraction of sp³-hybridized carbons (Fsp3) is 0.409. The Morgan fingerprint density at radius 3 is 1.76 bits per heavy atom. The van der Waals surface area contributed by atoms with Crippen LogP contribution in [0.1, 0.15) is 50.7 Å². The summed E-state index contributed by atoms with van der Waals surface area (Å²) in [6, 6.07) is 13.2. The van der Waals surface area contributed by atoms with Gasteiger partial charge in [0, 0.05) is 30.9 Å². The van der Waals surface area contributed by atoms with Gasteiger partial charge in [0.05, 0.1) is 0 Å². The van der Waals surface area contributed by atoms with E-state index in [4.69, 9.17) is 0 Å². The minimum atomic E-state index is 0. The molecule has 0 bridgehead atoms. The topological polar surface area (TPSA) is 7.12 Å². The molecule has 0 amide bonds. The predicted molar refractivity (Wildman–Crippen MR) is 105 cm³/mol. The first kappa shape index (κ1) is 21.7. The highest BCUT2D eigenvalue weighted by atomic mass is 127. The maximum Gasteiger partial charge on any atom is 0.169 e. The molecule has 1 aromatic heterocycles. The fourth-order valence-electron chi connectivity index (χ4n) is 2.68. The van der Waals surface area contributed by atoms with E-state index < -0.39 is 0 Å². The number of anilines is 1. The van der Waals surface area contributed by atoms with Gasteiger partial charge in [-0.05, 0) is 36.1 Å². The zero-order valence-corrected chi connectivity index (χ0v) is 17.9. The van der Waals surface area contributed by atoms with Crippen molar-refractivity contribution in [1.82, 2.24) is 0 Å². The highest BCUT2D eigenvalue weighted by molar-refractivity contribution is 5.70. The first-order valence-electron chi connectivity index (χ1n) is 9.21. The van der Waals surface area contributed by atoms with Crippen molar-refractivity contribution in [2.24, 2.45) is 7.05 Å². The van der Waals surface area contributed by atoms with Gasteiger partial charge in [-0.25, -0.2) is 4.57 Å². The van der Waals surface area contributed by atoms with Gasteiger partial charge in [0.15, 0.2) is 12.4 Å². The van der Waals surface area contributed by atoms with Gasteiger partial charge in [0.25, 0.3) is 0 Å². The smallest absolute Gasteiger partial charge is 0.169 e. The Kier molecular flexibility index (Phi) is 10.5. The number of benzene rings is 1. The van der Waals surface area contributed by atoms with E-state index in [0.717, 1.165) is 13.1 Å². The van der Waals surface area contributed by atoms with Gasteiger partial charge in [-0.15, -0.1) is 0 Å². The van der Waals surface area contributed by atoms with E-state index in [-0.39, 0.29) is 24.0 Å². The van der Waals surface area contributed by atoms with Gasteiger partial charge in [-0.2, -0.15) is 0 Å². The Hall–Kier alpha value is -1.36. The maximum atomic E-state index is 2.53. The Morgan fingerprint density at radius 2 is 1.28 bits per heavy atom. The van der Waals surface area contributed by atoms with Crippen molar-refractivity contribution in [1.29, 1.82) is 0 Å². The van der Waals surface area contributed by atoms with E-state index in [2.05, 4.69) is 79.7 Å². The third-order valence-corrected chi connectivity index (χ3v) is 4.29. The van der Waals surface area contributed by atoms with Crippen LogP contribution in [0.3, 0.4) is 0 Å². The van der Waals surface area contributed by atoms with E-state index in [9.17, 15) is 0 Å². The number of hydrogen-bond donors (Lipinski definition) is 0. The second-order valence-electron chi connectivity index (χ2n) is 6.42. The van der Waals surface area contributed by atoms with Crippen LogP contribution >= 0.6 is 0 Å². The van der Waals surface area contributed by atoms with Crippen molar-refractivity contribution in [3.63, 3.8) is 0 Å². The summed E-state index contributed by atoms with van der Waals surface area (Å²) in [6.07, 6.45) is 13.5. The van der Waals surface area contributed by atoms with Crippen LogP contribution in [0.2, 0.25) is 0 Å². The number of rotatable bonds is 9. The second-order valence-corrected chi connectivity index (χ2v) is 6.42. The molecule has 1 aromatic carbocycles. The molecule has 1 heterocycles. The van der Waals surface area contributed by atoms with Crippen molar-refractivity contribution in [3.8, 4) is 0 Å². The summed E-state index contributed by atoms with van der Waals surface area (Å²) < 4.78 is 2.05. The Bertz CT molecular complexity index is 609. The minimum Gasteiger partial charge on any atom is -1.00 e. The lowest BCUT2D eigenvalue weighted by molar-refractivity contribution is -0.671. The molecule has 0 atom stereocenters. The number of halogens is 1. The van der Waals surface area contributed by atoms with Gasteiger partial charge in [-0.1, -0.05) is 51.0 Å². The molecule has 2 rings (SSSR count). The Balaban J connectivity index is 0.00000312. The molecule has 0 spiro atoms. The van der Waals surface area contributed by atoms with E-state index in [1.54, 1.807) is 0 Å². The summed E-state index contributed by atoms with van der Waals surface area (Å²) in [5, 5.41) is 0. The summed E-state index contributed by atoms with van der Waals surface area (Å²) in [5.74, 6) is 0. The molecular formula is C22H31IN2. The molecule has 0 N–H and O–H groups in total. The standard InChI is InChI=1S/C22H31N2.HI/c1-4-6-16-24(17-7-5-2)22-12-10-20(11-13-22)8-9-21-14-18-23(3)19-15-21;/h8-15,18-19H,4-7,16-17H2,1-3H3;1H/q+1;/p-1. The largest absolute Gasteiger partial charge is 1.00 e. The van der Waals surface area contributed by atoms with Gasteiger partial charge in [0.2, 0.25) is 0 Å². The summed E-state index contributed by atoms with van der Waals surface area (Å²) in [5.41, 5.74) is 3.82. The number of nitrogens with zero attached hydrogens (tertiary/aromatic N) is 2. The predicted octanol–water partition coefficient (Wildman–Crippen LogP) is 2.09. The zero-order valence-electron chi connectivity index (χ0n) is 15.8. The molecule has 0 fully saturated rings. The fourth-order valence-corrected chi connectivity index (χ4v) is 2.68. The quantitative estimate of drug-likeness (QED) is 0.419. The molecule has 2 nitrogen and oxygen atoms in total. The SMILES string of the molecule is CCCCN(CCCC)c1ccc(C=Cc2cc[n+](C)cc2)cc1.[I-]. The lowest BCUT2D eigenvalue weighted by Gasteiger charge is -2.24. The van der Waals surface area contributed by atoms with E-state index in [1.165, 1.54) is 42.5 Å². The first-order valence-corrected chi connectivity index (χ1v) is 9.21. The zero-order chi connectivity index (χ0) is 17.2. The number of unbranched alkanes of at least 4 members (excludes halogenated alkanes) is 2. The molecule has 0 radical (unpaired) electrons. The second kappa shape index (κ2) is 12.1.